The van der Waals surface area contributed by atoms with Gasteiger partial charge in [-0.3, -0.25) is 4.33 Å². The number of rotatable bonds is 3. The van der Waals surface area contributed by atoms with E-state index in [-0.39, 0.29) is 37.0 Å². The maximum atomic E-state index is 9.59. The summed E-state index contributed by atoms with van der Waals surface area (Å²) in [5.74, 6) is 0. The molecule has 0 fully saturated rings. The smallest absolute Gasteiger partial charge is 0.422 e. The van der Waals surface area contributed by atoms with Gasteiger partial charge in [0.25, 0.3) is 0 Å². The van der Waals surface area contributed by atoms with Crippen LogP contribution in [0.1, 0.15) is 35.1 Å². The first-order chi connectivity index (χ1) is 5.27. The Labute approximate surface area is 109 Å². The van der Waals surface area contributed by atoms with E-state index >= 15 is 0 Å². The van der Waals surface area contributed by atoms with Crippen molar-refractivity contribution in [3.63, 3.8) is 0 Å². The summed E-state index contributed by atoms with van der Waals surface area (Å²) in [6, 6.07) is 0. The Kier molecular flexibility index (Phi) is 85.2. The van der Waals surface area contributed by atoms with E-state index in [4.69, 9.17) is 5.26 Å². The Balaban J connectivity index is -0.0000000315. The maximum absolute atomic E-state index is 9.59. The molecule has 0 unspecified atom stereocenters. The molecule has 0 aliphatic rings. The summed E-state index contributed by atoms with van der Waals surface area (Å²) in [7, 11) is -1.99. The predicted octanol–water partition coefficient (Wildman–Crippen LogP) is -0.628. The van der Waals surface area contributed by atoms with Crippen molar-refractivity contribution in [1.82, 2.24) is 0 Å². The van der Waals surface area contributed by atoms with Crippen LogP contribution in [-0.2, 0) is 39.4 Å². The molecule has 1 N–H and O–H groups in total. The predicted molar refractivity (Wildman–Crippen MR) is 50.7 cm³/mol. The summed E-state index contributed by atoms with van der Waals surface area (Å²) >= 11 is 3.88. The van der Waals surface area contributed by atoms with Crippen LogP contribution in [0.15, 0.2) is 0 Å². The van der Waals surface area contributed by atoms with Crippen LogP contribution < -0.4 is 29.6 Å². The van der Waals surface area contributed by atoms with Crippen LogP contribution in [0.4, 0.5) is 0 Å². The zero-order valence-corrected chi connectivity index (χ0v) is 11.5. The minimum Gasteiger partial charge on any atom is -0.422 e. The fourth-order valence-electron chi connectivity index (χ4n) is 0.0351. The van der Waals surface area contributed by atoms with Gasteiger partial charge in [0.1, 0.15) is 0 Å². The van der Waals surface area contributed by atoms with Crippen molar-refractivity contribution in [2.45, 2.75) is 35.1 Å². The Morgan fingerprint density at radius 3 is 1.62 bits per heavy atom. The average molecular weight is 244 g/mol. The second kappa shape index (κ2) is 37.9. The molecule has 0 aliphatic carbocycles. The number of hydrogen-bond donors (Lipinski definition) is 1. The van der Waals surface area contributed by atoms with E-state index in [1.165, 1.54) is 0 Å². The molecule has 0 aliphatic heterocycles. The molecular formula is C5H17NaO5S2. The van der Waals surface area contributed by atoms with Gasteiger partial charge in [0.05, 0.1) is 0 Å². The maximum Gasteiger partial charge on any atom is 1.00 e. The first-order valence-electron chi connectivity index (χ1n) is 3.02. The summed E-state index contributed by atoms with van der Waals surface area (Å²) in [4.78, 5) is 0. The zero-order chi connectivity index (χ0) is 9.70. The molecular weight excluding hydrogens is 227 g/mol. The zero-order valence-electron chi connectivity index (χ0n) is 7.90. The monoisotopic (exact) mass is 244 g/mol. The van der Waals surface area contributed by atoms with Crippen LogP contribution in [0.3, 0.4) is 0 Å². The molecule has 0 bridgehead atoms. The standard InChI is InChI=1S/2C2H6.CH4.Na.HO5S2/c2*1-2;;;1-3-4-5-7(2)6/h2*1-2H3;1H4;;1H/q;;;+1;-1. The van der Waals surface area contributed by atoms with Crippen molar-refractivity contribution < 1.29 is 53.4 Å². The Bertz CT molecular complexity index is 101. The van der Waals surface area contributed by atoms with Gasteiger partial charge in [0.15, 0.2) is 0 Å². The first-order valence-corrected chi connectivity index (χ1v) is 5.02. The normalized spacial score (nSPS) is 6.31. The largest absolute Gasteiger partial charge is 1.00 e. The van der Waals surface area contributed by atoms with E-state index in [2.05, 4.69) is 25.6 Å². The molecule has 80 valence electrons. The molecule has 0 saturated heterocycles. The molecule has 0 heterocycles. The van der Waals surface area contributed by atoms with E-state index in [0.717, 1.165) is 0 Å². The molecule has 0 rings (SSSR count). The van der Waals surface area contributed by atoms with Gasteiger partial charge in [-0.25, -0.2) is 16.4 Å². The van der Waals surface area contributed by atoms with Crippen LogP contribution in [0.5, 0.6) is 0 Å². The third-order valence-corrected chi connectivity index (χ3v) is 0.447. The van der Waals surface area contributed by atoms with Crippen molar-refractivity contribution >= 4 is 20.8 Å². The van der Waals surface area contributed by atoms with Gasteiger partial charge in [0, 0.05) is 0 Å². The van der Waals surface area contributed by atoms with Gasteiger partial charge in [-0.15, -0.1) is 0 Å². The molecule has 0 amide bonds. The molecule has 8 heteroatoms. The van der Waals surface area contributed by atoms with E-state index in [9.17, 15) is 4.21 Å². The summed E-state index contributed by atoms with van der Waals surface area (Å²) in [6.07, 6.45) is 0. The van der Waals surface area contributed by atoms with Crippen molar-refractivity contribution in [2.75, 3.05) is 0 Å². The van der Waals surface area contributed by atoms with Crippen molar-refractivity contribution in [2.24, 2.45) is 0 Å². The van der Waals surface area contributed by atoms with Gasteiger partial charge < -0.3 is 4.21 Å². The van der Waals surface area contributed by atoms with E-state index < -0.39 is 9.64 Å². The fraction of sp³-hybridized carbons (Fsp3) is 1.00. The molecule has 5 nitrogen and oxygen atoms in total. The molecule has 0 aromatic carbocycles. The Hall–Kier alpha value is 1.21. The van der Waals surface area contributed by atoms with Gasteiger partial charge in [0.2, 0.25) is 0 Å². The quantitative estimate of drug-likeness (QED) is 0.309. The SMILES string of the molecule is C.CC.CC.O=[S-](=S)OOOO.[Na+]. The van der Waals surface area contributed by atoms with Crippen LogP contribution in [-0.4, -0.2) is 5.26 Å². The molecule has 13 heavy (non-hydrogen) atoms. The first kappa shape index (κ1) is 29.2. The van der Waals surface area contributed by atoms with Crippen LogP contribution >= 0.6 is 0 Å². The van der Waals surface area contributed by atoms with Crippen LogP contribution in [0, 0.1) is 0 Å². The van der Waals surface area contributed by atoms with Crippen LogP contribution in [0.25, 0.3) is 0 Å². The Morgan fingerprint density at radius 2 is 1.54 bits per heavy atom. The summed E-state index contributed by atoms with van der Waals surface area (Å²) < 4.78 is 13.1. The molecule has 0 aromatic rings. The molecule has 0 aromatic heterocycles. The van der Waals surface area contributed by atoms with E-state index in [1.54, 1.807) is 0 Å². The minimum atomic E-state index is -1.99. The molecule has 0 saturated carbocycles. The van der Waals surface area contributed by atoms with Crippen molar-refractivity contribution in [3.8, 4) is 0 Å². The van der Waals surface area contributed by atoms with E-state index in [1.807, 2.05) is 27.7 Å². The third kappa shape index (κ3) is 61.2. The van der Waals surface area contributed by atoms with E-state index in [0.29, 0.717) is 0 Å². The summed E-state index contributed by atoms with van der Waals surface area (Å²) in [6.45, 7) is 8.00. The Morgan fingerprint density at radius 1 is 1.23 bits per heavy atom. The second-order valence-corrected chi connectivity index (χ2v) is 1.78. The molecule has 0 atom stereocenters. The average Bonchev–Trinajstić information content (AvgIpc) is 2.08. The van der Waals surface area contributed by atoms with Gasteiger partial charge in [-0.2, -0.15) is 0 Å². The summed E-state index contributed by atoms with van der Waals surface area (Å²) in [5, 5.41) is 13.4. The minimum absolute atomic E-state index is 0. The number of hydrogen-bond acceptors (Lipinski definition) is 7. The van der Waals surface area contributed by atoms with Gasteiger partial charge in [-0.05, 0) is 5.04 Å². The van der Waals surface area contributed by atoms with Crippen LogP contribution in [0.2, 0.25) is 0 Å². The fourth-order valence-corrected chi connectivity index (χ4v) is 0.173. The van der Waals surface area contributed by atoms with Crippen molar-refractivity contribution in [3.05, 3.63) is 0 Å². The third-order valence-electron chi connectivity index (χ3n) is 0.114. The molecule has 0 spiro atoms. The summed E-state index contributed by atoms with van der Waals surface area (Å²) in [5.41, 5.74) is 0. The van der Waals surface area contributed by atoms with Crippen molar-refractivity contribution in [1.29, 1.82) is 0 Å². The molecule has 0 radical (unpaired) electrons. The van der Waals surface area contributed by atoms with Gasteiger partial charge >= 0.3 is 29.6 Å². The second-order valence-electron chi connectivity index (χ2n) is 0.415. The van der Waals surface area contributed by atoms with Gasteiger partial charge in [-0.1, -0.05) is 49.8 Å². The topological polar surface area (TPSA) is 65.0 Å².